The fourth-order valence-corrected chi connectivity index (χ4v) is 7.79. The number of para-hydroxylation sites is 6. The SMILES string of the molecule is c1ccc(-c2nc(-c3cccc(-n4c5ccccc5c5cc(-n6c7ccccc7n7c8ccccc8nc67)ccc54)c3)nc3ccccc23)cc1. The summed E-state index contributed by atoms with van der Waals surface area (Å²) in [6.07, 6.45) is 0. The number of imidazole rings is 2. The fourth-order valence-electron chi connectivity index (χ4n) is 7.79. The van der Waals surface area contributed by atoms with Crippen LogP contribution in [0.25, 0.3) is 94.6 Å². The van der Waals surface area contributed by atoms with Crippen molar-refractivity contribution < 1.29 is 0 Å². The molecule has 51 heavy (non-hydrogen) atoms. The molecule has 11 rings (SSSR count). The van der Waals surface area contributed by atoms with Gasteiger partial charge in [-0.15, -0.1) is 0 Å². The van der Waals surface area contributed by atoms with Gasteiger partial charge in [0.2, 0.25) is 5.78 Å². The maximum Gasteiger partial charge on any atom is 0.220 e. The first-order chi connectivity index (χ1) is 25.3. The molecule has 0 saturated carbocycles. The van der Waals surface area contributed by atoms with Gasteiger partial charge in [-0.25, -0.2) is 15.0 Å². The molecular formula is C45H28N6. The lowest BCUT2D eigenvalue weighted by atomic mass is 10.1. The Hall–Kier alpha value is -7.05. The fraction of sp³-hybridized carbons (Fsp3) is 0. The van der Waals surface area contributed by atoms with Gasteiger partial charge in [0.25, 0.3) is 0 Å². The molecule has 4 aromatic heterocycles. The third kappa shape index (κ3) is 4.14. The predicted octanol–water partition coefficient (Wildman–Crippen LogP) is 10.8. The molecule has 11 aromatic rings. The van der Waals surface area contributed by atoms with Crippen LogP contribution in [0, 0.1) is 0 Å². The summed E-state index contributed by atoms with van der Waals surface area (Å²) >= 11 is 0. The molecule has 0 unspecified atom stereocenters. The molecule has 238 valence electrons. The quantitative estimate of drug-likeness (QED) is 0.190. The van der Waals surface area contributed by atoms with E-state index in [-0.39, 0.29) is 0 Å². The van der Waals surface area contributed by atoms with Crippen molar-refractivity contribution in [2.24, 2.45) is 0 Å². The first-order valence-electron chi connectivity index (χ1n) is 17.1. The van der Waals surface area contributed by atoms with Crippen LogP contribution in [-0.2, 0) is 0 Å². The third-order valence-electron chi connectivity index (χ3n) is 10.0. The molecule has 0 amide bonds. The summed E-state index contributed by atoms with van der Waals surface area (Å²) in [6, 6.07) is 59.5. The van der Waals surface area contributed by atoms with Gasteiger partial charge in [-0.1, -0.05) is 103 Å². The number of nitrogens with zero attached hydrogens (tertiary/aromatic N) is 6. The lowest BCUT2D eigenvalue weighted by Gasteiger charge is -2.12. The van der Waals surface area contributed by atoms with Gasteiger partial charge in [0.1, 0.15) is 0 Å². The Morgan fingerprint density at radius 2 is 1.00 bits per heavy atom. The number of benzene rings is 7. The van der Waals surface area contributed by atoms with Crippen molar-refractivity contribution in [3.05, 3.63) is 170 Å². The van der Waals surface area contributed by atoms with E-state index < -0.39 is 0 Å². The normalized spacial score (nSPS) is 11.9. The summed E-state index contributed by atoms with van der Waals surface area (Å²) in [5.41, 5.74) is 12.6. The van der Waals surface area contributed by atoms with Crippen molar-refractivity contribution in [1.29, 1.82) is 0 Å². The van der Waals surface area contributed by atoms with E-state index in [4.69, 9.17) is 15.0 Å². The van der Waals surface area contributed by atoms with E-state index in [0.717, 1.165) is 78.0 Å². The third-order valence-corrected chi connectivity index (χ3v) is 10.0. The zero-order valence-electron chi connectivity index (χ0n) is 27.3. The largest absolute Gasteiger partial charge is 0.309 e. The van der Waals surface area contributed by atoms with E-state index in [9.17, 15) is 0 Å². The van der Waals surface area contributed by atoms with Crippen LogP contribution >= 0.6 is 0 Å². The molecule has 0 N–H and O–H groups in total. The summed E-state index contributed by atoms with van der Waals surface area (Å²) in [5.74, 6) is 1.60. The minimum atomic E-state index is 0.702. The zero-order valence-corrected chi connectivity index (χ0v) is 27.3. The van der Waals surface area contributed by atoms with Crippen molar-refractivity contribution in [2.75, 3.05) is 0 Å². The van der Waals surface area contributed by atoms with Crippen molar-refractivity contribution in [2.45, 2.75) is 0 Å². The van der Waals surface area contributed by atoms with Crippen LogP contribution in [-0.4, -0.2) is 28.5 Å². The first kappa shape index (κ1) is 27.9. The molecule has 7 aromatic carbocycles. The number of fused-ring (bicyclic) bond motifs is 9. The molecule has 6 heteroatoms. The molecule has 0 aliphatic heterocycles. The Labute approximate surface area is 292 Å². The second kappa shape index (κ2) is 10.7. The van der Waals surface area contributed by atoms with Crippen LogP contribution in [0.15, 0.2) is 170 Å². The van der Waals surface area contributed by atoms with Crippen molar-refractivity contribution in [3.63, 3.8) is 0 Å². The molecule has 0 atom stereocenters. The topological polar surface area (TPSA) is 52.9 Å². The minimum absolute atomic E-state index is 0.702. The van der Waals surface area contributed by atoms with Crippen molar-refractivity contribution in [3.8, 4) is 34.0 Å². The van der Waals surface area contributed by atoms with Gasteiger partial charge in [-0.3, -0.25) is 8.97 Å². The molecule has 4 heterocycles. The van der Waals surface area contributed by atoms with E-state index in [1.165, 1.54) is 10.8 Å². The van der Waals surface area contributed by atoms with Crippen LogP contribution in [0.5, 0.6) is 0 Å². The highest BCUT2D eigenvalue weighted by atomic mass is 15.2. The second-order valence-corrected chi connectivity index (χ2v) is 12.9. The summed E-state index contributed by atoms with van der Waals surface area (Å²) in [5, 5.41) is 3.40. The molecule has 0 saturated heterocycles. The first-order valence-corrected chi connectivity index (χ1v) is 17.1. The zero-order chi connectivity index (χ0) is 33.5. The van der Waals surface area contributed by atoms with Crippen molar-refractivity contribution >= 4 is 60.6 Å². The predicted molar refractivity (Wildman–Crippen MR) is 208 cm³/mol. The van der Waals surface area contributed by atoms with E-state index >= 15 is 0 Å². The van der Waals surface area contributed by atoms with Crippen LogP contribution in [0.4, 0.5) is 0 Å². The Balaban J connectivity index is 1.11. The lowest BCUT2D eigenvalue weighted by molar-refractivity contribution is 1.11. The Morgan fingerprint density at radius 1 is 0.353 bits per heavy atom. The van der Waals surface area contributed by atoms with Gasteiger partial charge in [0.15, 0.2) is 5.82 Å². The van der Waals surface area contributed by atoms with Gasteiger partial charge < -0.3 is 4.57 Å². The van der Waals surface area contributed by atoms with Crippen LogP contribution in [0.2, 0.25) is 0 Å². The molecule has 0 aliphatic carbocycles. The van der Waals surface area contributed by atoms with Crippen LogP contribution in [0.1, 0.15) is 0 Å². The standard InChI is InChI=1S/C45H28N6/c1-2-13-29(14-3-1)43-34-18-4-6-19-36(34)46-44(48-43)30-15-12-16-31(27-30)49-38-21-8-5-17-33(38)35-28-32(25-26-39(35)49)50-41-23-10-11-24-42(41)51-40-22-9-7-20-37(40)47-45(50)51/h1-28H. The maximum absolute atomic E-state index is 5.16. The number of hydrogen-bond acceptors (Lipinski definition) is 3. The molecular weight excluding hydrogens is 625 g/mol. The molecule has 6 nitrogen and oxygen atoms in total. The highest BCUT2D eigenvalue weighted by Gasteiger charge is 2.19. The summed E-state index contributed by atoms with van der Waals surface area (Å²) < 4.78 is 6.90. The molecule has 0 bridgehead atoms. The summed E-state index contributed by atoms with van der Waals surface area (Å²) in [7, 11) is 0. The van der Waals surface area contributed by atoms with Gasteiger partial charge in [-0.05, 0) is 66.7 Å². The Kier molecular flexibility index (Phi) is 5.86. The maximum atomic E-state index is 5.16. The van der Waals surface area contributed by atoms with Crippen molar-refractivity contribution in [1.82, 2.24) is 28.5 Å². The minimum Gasteiger partial charge on any atom is -0.309 e. The number of aromatic nitrogens is 6. The Bertz CT molecular complexity index is 3150. The second-order valence-electron chi connectivity index (χ2n) is 12.9. The van der Waals surface area contributed by atoms with E-state index in [1.807, 2.05) is 24.3 Å². The van der Waals surface area contributed by atoms with Gasteiger partial charge in [-0.2, -0.15) is 0 Å². The molecule has 0 radical (unpaired) electrons. The van der Waals surface area contributed by atoms with E-state index in [2.05, 4.69) is 159 Å². The average molecular weight is 653 g/mol. The highest BCUT2D eigenvalue weighted by Crippen LogP contribution is 2.37. The monoisotopic (exact) mass is 652 g/mol. The summed E-state index contributed by atoms with van der Waals surface area (Å²) in [6.45, 7) is 0. The van der Waals surface area contributed by atoms with Gasteiger partial charge in [0, 0.05) is 38.7 Å². The highest BCUT2D eigenvalue weighted by molar-refractivity contribution is 6.10. The number of hydrogen-bond donors (Lipinski definition) is 0. The molecule has 0 spiro atoms. The van der Waals surface area contributed by atoms with Crippen LogP contribution < -0.4 is 0 Å². The van der Waals surface area contributed by atoms with E-state index in [1.54, 1.807) is 0 Å². The van der Waals surface area contributed by atoms with E-state index in [0.29, 0.717) is 5.82 Å². The van der Waals surface area contributed by atoms with Gasteiger partial charge in [0.05, 0.1) is 44.3 Å². The lowest BCUT2D eigenvalue weighted by Crippen LogP contribution is -1.98. The smallest absolute Gasteiger partial charge is 0.220 e. The Morgan fingerprint density at radius 3 is 1.86 bits per heavy atom. The number of rotatable bonds is 4. The summed E-state index contributed by atoms with van der Waals surface area (Å²) in [4.78, 5) is 15.3. The molecule has 0 aliphatic rings. The van der Waals surface area contributed by atoms with Crippen LogP contribution in [0.3, 0.4) is 0 Å². The average Bonchev–Trinajstić information content (AvgIpc) is 3.84. The van der Waals surface area contributed by atoms with Gasteiger partial charge >= 0.3 is 0 Å². The molecule has 0 fully saturated rings.